The number of fused-ring (bicyclic) bond motifs is 1. The van der Waals surface area contributed by atoms with Crippen molar-refractivity contribution in [3.8, 4) is 5.75 Å². The summed E-state index contributed by atoms with van der Waals surface area (Å²) in [5.74, 6) is 0.391. The van der Waals surface area contributed by atoms with Gasteiger partial charge in [0.2, 0.25) is 0 Å². The van der Waals surface area contributed by atoms with Gasteiger partial charge in [0.15, 0.2) is 0 Å². The van der Waals surface area contributed by atoms with Crippen molar-refractivity contribution < 1.29 is 14.3 Å². The minimum atomic E-state index is -0.379. The van der Waals surface area contributed by atoms with Crippen molar-refractivity contribution in [2.75, 3.05) is 7.11 Å². The molecule has 1 atom stereocenters. The SMILES string of the molecule is CCC(C)(CC)OC(=O)C(C)c1ccc2cc(OC)ccc2c1. The number of rotatable bonds is 6. The molecule has 3 heteroatoms. The summed E-state index contributed by atoms with van der Waals surface area (Å²) in [5.41, 5.74) is 0.595. The molecule has 3 nitrogen and oxygen atoms in total. The summed E-state index contributed by atoms with van der Waals surface area (Å²) in [6.07, 6.45) is 1.64. The molecule has 124 valence electrons. The van der Waals surface area contributed by atoms with E-state index in [1.165, 1.54) is 0 Å². The number of methoxy groups -OCH3 is 1. The number of hydrogen-bond donors (Lipinski definition) is 0. The Morgan fingerprint density at radius 1 is 1.09 bits per heavy atom. The van der Waals surface area contributed by atoms with Crippen LogP contribution in [0.4, 0.5) is 0 Å². The van der Waals surface area contributed by atoms with Crippen LogP contribution in [0.25, 0.3) is 10.8 Å². The maximum atomic E-state index is 12.5. The van der Waals surface area contributed by atoms with E-state index in [1.54, 1.807) is 7.11 Å². The van der Waals surface area contributed by atoms with Gasteiger partial charge in [-0.3, -0.25) is 4.79 Å². The fourth-order valence-corrected chi connectivity index (χ4v) is 2.50. The number of carbonyl (C=O) groups excluding carboxylic acids is 1. The molecule has 0 spiro atoms. The molecule has 2 aromatic rings. The first kappa shape index (κ1) is 17.3. The average Bonchev–Trinajstić information content (AvgIpc) is 2.59. The van der Waals surface area contributed by atoms with Crippen LogP contribution in [0.3, 0.4) is 0 Å². The quantitative estimate of drug-likeness (QED) is 0.698. The summed E-state index contributed by atoms with van der Waals surface area (Å²) in [7, 11) is 1.66. The Morgan fingerprint density at radius 2 is 1.70 bits per heavy atom. The van der Waals surface area contributed by atoms with Crippen molar-refractivity contribution in [2.45, 2.75) is 52.1 Å². The van der Waals surface area contributed by atoms with Crippen molar-refractivity contribution in [1.82, 2.24) is 0 Å². The molecule has 0 amide bonds. The highest BCUT2D eigenvalue weighted by Gasteiger charge is 2.28. The van der Waals surface area contributed by atoms with E-state index in [-0.39, 0.29) is 17.5 Å². The molecule has 0 bridgehead atoms. The number of carbonyl (C=O) groups is 1. The zero-order valence-corrected chi connectivity index (χ0v) is 14.7. The first-order valence-corrected chi connectivity index (χ1v) is 8.23. The van der Waals surface area contributed by atoms with Crippen LogP contribution in [-0.2, 0) is 9.53 Å². The summed E-state index contributed by atoms with van der Waals surface area (Å²) in [5, 5.41) is 2.19. The molecule has 0 fully saturated rings. The maximum Gasteiger partial charge on any atom is 0.313 e. The van der Waals surface area contributed by atoms with Crippen LogP contribution in [-0.4, -0.2) is 18.7 Å². The van der Waals surface area contributed by atoms with E-state index in [0.717, 1.165) is 34.9 Å². The second kappa shape index (κ2) is 7.03. The monoisotopic (exact) mass is 314 g/mol. The van der Waals surface area contributed by atoms with Gasteiger partial charge < -0.3 is 9.47 Å². The van der Waals surface area contributed by atoms with E-state index < -0.39 is 0 Å². The largest absolute Gasteiger partial charge is 0.497 e. The summed E-state index contributed by atoms with van der Waals surface area (Å²) in [6.45, 7) is 7.98. The first-order valence-electron chi connectivity index (χ1n) is 8.23. The predicted molar refractivity (Wildman–Crippen MR) is 94.0 cm³/mol. The molecular weight excluding hydrogens is 288 g/mol. The Bertz CT molecular complexity index is 686. The van der Waals surface area contributed by atoms with Crippen LogP contribution in [0.1, 0.15) is 52.0 Å². The molecule has 0 aliphatic heterocycles. The highest BCUT2D eigenvalue weighted by atomic mass is 16.6. The molecule has 2 aromatic carbocycles. The Kier molecular flexibility index (Phi) is 5.30. The summed E-state index contributed by atoms with van der Waals surface area (Å²) < 4.78 is 11.0. The van der Waals surface area contributed by atoms with Crippen LogP contribution in [0, 0.1) is 0 Å². The summed E-state index contributed by atoms with van der Waals surface area (Å²) in [4.78, 5) is 12.5. The van der Waals surface area contributed by atoms with Crippen molar-refractivity contribution in [3.63, 3.8) is 0 Å². The van der Waals surface area contributed by atoms with E-state index in [0.29, 0.717) is 0 Å². The third-order valence-corrected chi connectivity index (χ3v) is 4.77. The molecule has 0 aliphatic rings. The van der Waals surface area contributed by atoms with Crippen molar-refractivity contribution >= 4 is 16.7 Å². The lowest BCUT2D eigenvalue weighted by molar-refractivity contribution is -0.160. The van der Waals surface area contributed by atoms with Gasteiger partial charge in [0.25, 0.3) is 0 Å². The fraction of sp³-hybridized carbons (Fsp3) is 0.450. The van der Waals surface area contributed by atoms with Crippen molar-refractivity contribution in [1.29, 1.82) is 0 Å². The third-order valence-electron chi connectivity index (χ3n) is 4.77. The molecule has 0 saturated heterocycles. The highest BCUT2D eigenvalue weighted by molar-refractivity contribution is 5.86. The van der Waals surface area contributed by atoms with Crippen LogP contribution in [0.5, 0.6) is 5.75 Å². The van der Waals surface area contributed by atoms with Gasteiger partial charge in [0.05, 0.1) is 13.0 Å². The first-order chi connectivity index (χ1) is 10.9. The molecule has 0 heterocycles. The van der Waals surface area contributed by atoms with Gasteiger partial charge in [-0.15, -0.1) is 0 Å². The lowest BCUT2D eigenvalue weighted by atomic mass is 9.96. The summed E-state index contributed by atoms with van der Waals surface area (Å²) >= 11 is 0. The van der Waals surface area contributed by atoms with Crippen LogP contribution < -0.4 is 4.74 Å². The smallest absolute Gasteiger partial charge is 0.313 e. The Hall–Kier alpha value is -2.03. The minimum Gasteiger partial charge on any atom is -0.497 e. The van der Waals surface area contributed by atoms with Gasteiger partial charge in [0.1, 0.15) is 11.4 Å². The standard InChI is InChI=1S/C20H26O3/c1-6-20(4,7-2)23-19(21)14(3)15-8-9-17-13-18(22-5)11-10-16(17)12-15/h8-14H,6-7H2,1-5H3. The molecule has 0 aromatic heterocycles. The number of ether oxygens (including phenoxy) is 2. The van der Waals surface area contributed by atoms with Gasteiger partial charge in [0, 0.05) is 0 Å². The maximum absolute atomic E-state index is 12.5. The van der Waals surface area contributed by atoms with E-state index in [4.69, 9.17) is 9.47 Å². The number of esters is 1. The van der Waals surface area contributed by atoms with E-state index in [9.17, 15) is 4.79 Å². The summed E-state index contributed by atoms with van der Waals surface area (Å²) in [6, 6.07) is 12.0. The molecule has 0 N–H and O–H groups in total. The molecule has 23 heavy (non-hydrogen) atoms. The topological polar surface area (TPSA) is 35.5 Å². The highest BCUT2D eigenvalue weighted by Crippen LogP contribution is 2.28. The van der Waals surface area contributed by atoms with E-state index >= 15 is 0 Å². The van der Waals surface area contributed by atoms with Crippen molar-refractivity contribution in [2.24, 2.45) is 0 Å². The fourth-order valence-electron chi connectivity index (χ4n) is 2.50. The second-order valence-electron chi connectivity index (χ2n) is 6.27. The molecule has 2 rings (SSSR count). The minimum absolute atomic E-state index is 0.163. The van der Waals surface area contributed by atoms with Gasteiger partial charge in [-0.25, -0.2) is 0 Å². The lowest BCUT2D eigenvalue weighted by Gasteiger charge is -2.28. The second-order valence-corrected chi connectivity index (χ2v) is 6.27. The zero-order chi connectivity index (χ0) is 17.0. The third kappa shape index (κ3) is 3.84. The molecule has 0 saturated carbocycles. The van der Waals surface area contributed by atoms with Crippen LogP contribution in [0.2, 0.25) is 0 Å². The van der Waals surface area contributed by atoms with Crippen molar-refractivity contribution in [3.05, 3.63) is 42.0 Å². The average molecular weight is 314 g/mol. The lowest BCUT2D eigenvalue weighted by Crippen LogP contribution is -2.32. The number of benzene rings is 2. The van der Waals surface area contributed by atoms with Gasteiger partial charge >= 0.3 is 5.97 Å². The van der Waals surface area contributed by atoms with Gasteiger partial charge in [-0.1, -0.05) is 38.1 Å². The Balaban J connectivity index is 2.23. The molecule has 1 unspecified atom stereocenters. The zero-order valence-electron chi connectivity index (χ0n) is 14.7. The number of hydrogen-bond acceptors (Lipinski definition) is 3. The van der Waals surface area contributed by atoms with E-state index in [1.807, 2.05) is 58.0 Å². The van der Waals surface area contributed by atoms with Gasteiger partial charge in [-0.05, 0) is 55.2 Å². The van der Waals surface area contributed by atoms with Crippen LogP contribution >= 0.6 is 0 Å². The predicted octanol–water partition coefficient (Wildman–Crippen LogP) is 5.07. The molecule has 0 aliphatic carbocycles. The normalized spacial score (nSPS) is 12.9. The van der Waals surface area contributed by atoms with E-state index in [2.05, 4.69) is 6.07 Å². The Labute approximate surface area is 138 Å². The van der Waals surface area contributed by atoms with Gasteiger partial charge in [-0.2, -0.15) is 0 Å². The molecule has 0 radical (unpaired) electrons. The Morgan fingerprint density at radius 3 is 2.30 bits per heavy atom. The van der Waals surface area contributed by atoms with Crippen LogP contribution in [0.15, 0.2) is 36.4 Å². The molecular formula is C20H26O3.